The molecule has 6 heteroatoms. The number of carbonyl (C=O) groups is 1. The third kappa shape index (κ3) is 3.14. The standard InChI is InChI=1S/C19H17N3O3/c1-3-10-21-12-16(15-6-4-5-7-17(15)21)19(23)20-14-9-8-13(2)18(11-14)22(24)25/h3-9,11-12H,1,10H2,2H3,(H,20,23). The fourth-order valence-electron chi connectivity index (χ4n) is 2.80. The molecule has 25 heavy (non-hydrogen) atoms. The second-order valence-electron chi connectivity index (χ2n) is 5.71. The van der Waals surface area contributed by atoms with E-state index in [0.717, 1.165) is 10.9 Å². The van der Waals surface area contributed by atoms with Crippen LogP contribution in [0.2, 0.25) is 0 Å². The number of aryl methyl sites for hydroxylation is 1. The van der Waals surface area contributed by atoms with Crippen LogP contribution in [-0.4, -0.2) is 15.4 Å². The van der Waals surface area contributed by atoms with Crippen LogP contribution in [0.15, 0.2) is 61.3 Å². The lowest BCUT2D eigenvalue weighted by Crippen LogP contribution is -2.11. The number of benzene rings is 2. The number of allylic oxidation sites excluding steroid dienone is 1. The minimum atomic E-state index is -0.457. The summed E-state index contributed by atoms with van der Waals surface area (Å²) < 4.78 is 1.94. The molecular formula is C19H17N3O3. The van der Waals surface area contributed by atoms with Gasteiger partial charge in [0.2, 0.25) is 0 Å². The highest BCUT2D eigenvalue weighted by molar-refractivity contribution is 6.13. The molecule has 0 atom stereocenters. The van der Waals surface area contributed by atoms with Crippen LogP contribution in [0.25, 0.3) is 10.9 Å². The first-order valence-electron chi connectivity index (χ1n) is 7.76. The molecule has 3 rings (SSSR count). The summed E-state index contributed by atoms with van der Waals surface area (Å²) in [6, 6.07) is 12.2. The van der Waals surface area contributed by atoms with E-state index in [0.29, 0.717) is 23.4 Å². The Balaban J connectivity index is 1.97. The van der Waals surface area contributed by atoms with E-state index in [1.807, 2.05) is 28.8 Å². The SMILES string of the molecule is C=CCn1cc(C(=O)Nc2ccc(C)c([N+](=O)[O-])c2)c2ccccc21. The summed E-state index contributed by atoms with van der Waals surface area (Å²) in [5.41, 5.74) is 2.36. The zero-order valence-corrected chi connectivity index (χ0v) is 13.7. The van der Waals surface area contributed by atoms with E-state index in [2.05, 4.69) is 11.9 Å². The normalized spacial score (nSPS) is 10.6. The van der Waals surface area contributed by atoms with Crippen molar-refractivity contribution in [2.45, 2.75) is 13.5 Å². The van der Waals surface area contributed by atoms with Crippen molar-refractivity contribution in [3.8, 4) is 0 Å². The van der Waals surface area contributed by atoms with Crippen LogP contribution in [0.3, 0.4) is 0 Å². The van der Waals surface area contributed by atoms with E-state index >= 15 is 0 Å². The van der Waals surface area contributed by atoms with Crippen LogP contribution in [0, 0.1) is 17.0 Å². The van der Waals surface area contributed by atoms with Gasteiger partial charge in [-0.1, -0.05) is 30.3 Å². The molecular weight excluding hydrogens is 318 g/mol. The second-order valence-corrected chi connectivity index (χ2v) is 5.71. The van der Waals surface area contributed by atoms with Crippen molar-refractivity contribution in [2.24, 2.45) is 0 Å². The molecule has 1 amide bonds. The zero-order valence-electron chi connectivity index (χ0n) is 13.7. The van der Waals surface area contributed by atoms with Crippen molar-refractivity contribution in [3.05, 3.63) is 82.6 Å². The van der Waals surface area contributed by atoms with Crippen molar-refractivity contribution < 1.29 is 9.72 Å². The molecule has 0 aliphatic carbocycles. The molecule has 1 N–H and O–H groups in total. The summed E-state index contributed by atoms with van der Waals surface area (Å²) in [6.45, 7) is 5.98. The maximum atomic E-state index is 12.7. The first kappa shape index (κ1) is 16.4. The molecule has 0 aliphatic heterocycles. The number of para-hydroxylation sites is 1. The quantitative estimate of drug-likeness (QED) is 0.429. The maximum Gasteiger partial charge on any atom is 0.274 e. The molecule has 0 aliphatic rings. The van der Waals surface area contributed by atoms with Gasteiger partial charge in [-0.25, -0.2) is 0 Å². The monoisotopic (exact) mass is 335 g/mol. The lowest BCUT2D eigenvalue weighted by atomic mass is 10.1. The first-order chi connectivity index (χ1) is 12.0. The minimum Gasteiger partial charge on any atom is -0.343 e. The van der Waals surface area contributed by atoms with E-state index in [4.69, 9.17) is 0 Å². The van der Waals surface area contributed by atoms with E-state index < -0.39 is 4.92 Å². The largest absolute Gasteiger partial charge is 0.343 e. The smallest absolute Gasteiger partial charge is 0.274 e. The van der Waals surface area contributed by atoms with Crippen molar-refractivity contribution in [3.63, 3.8) is 0 Å². The number of fused-ring (bicyclic) bond motifs is 1. The highest BCUT2D eigenvalue weighted by atomic mass is 16.6. The molecule has 3 aromatic rings. The van der Waals surface area contributed by atoms with Gasteiger partial charge in [0.1, 0.15) is 0 Å². The Morgan fingerprint density at radius 1 is 1.32 bits per heavy atom. The van der Waals surface area contributed by atoms with Gasteiger partial charge in [0.15, 0.2) is 0 Å². The Morgan fingerprint density at radius 2 is 2.08 bits per heavy atom. The Kier molecular flexibility index (Phi) is 4.35. The predicted molar refractivity (Wildman–Crippen MR) is 97.9 cm³/mol. The molecule has 6 nitrogen and oxygen atoms in total. The number of nitro groups is 1. The summed E-state index contributed by atoms with van der Waals surface area (Å²) in [5, 5.41) is 14.6. The van der Waals surface area contributed by atoms with E-state index in [9.17, 15) is 14.9 Å². The molecule has 1 heterocycles. The van der Waals surface area contributed by atoms with Gasteiger partial charge in [-0.15, -0.1) is 6.58 Å². The van der Waals surface area contributed by atoms with Gasteiger partial charge in [-0.05, 0) is 19.1 Å². The summed E-state index contributed by atoms with van der Waals surface area (Å²) in [7, 11) is 0. The number of nitro benzene ring substituents is 1. The number of hydrogen-bond acceptors (Lipinski definition) is 3. The lowest BCUT2D eigenvalue weighted by Gasteiger charge is -2.05. The summed E-state index contributed by atoms with van der Waals surface area (Å²) in [5.74, 6) is -0.308. The highest BCUT2D eigenvalue weighted by Crippen LogP contribution is 2.25. The third-order valence-corrected chi connectivity index (χ3v) is 4.02. The zero-order chi connectivity index (χ0) is 18.0. The van der Waals surface area contributed by atoms with Crippen molar-refractivity contribution in [1.29, 1.82) is 0 Å². The van der Waals surface area contributed by atoms with Crippen molar-refractivity contribution >= 4 is 28.2 Å². The molecule has 0 radical (unpaired) electrons. The summed E-state index contributed by atoms with van der Waals surface area (Å²) >= 11 is 0. The number of aromatic nitrogens is 1. The van der Waals surface area contributed by atoms with Crippen LogP contribution in [0.4, 0.5) is 11.4 Å². The van der Waals surface area contributed by atoms with Gasteiger partial charge in [-0.2, -0.15) is 0 Å². The number of nitrogens with zero attached hydrogens (tertiary/aromatic N) is 2. The number of carbonyl (C=O) groups excluding carboxylic acids is 1. The molecule has 1 aromatic heterocycles. The Morgan fingerprint density at radius 3 is 2.80 bits per heavy atom. The first-order valence-corrected chi connectivity index (χ1v) is 7.76. The van der Waals surface area contributed by atoms with Crippen LogP contribution in [-0.2, 0) is 6.54 Å². The minimum absolute atomic E-state index is 0.0214. The molecule has 0 saturated heterocycles. The van der Waals surface area contributed by atoms with E-state index in [-0.39, 0.29) is 11.6 Å². The average molecular weight is 335 g/mol. The molecule has 0 spiro atoms. The molecule has 0 saturated carbocycles. The molecule has 2 aromatic carbocycles. The fraction of sp³-hybridized carbons (Fsp3) is 0.105. The maximum absolute atomic E-state index is 12.7. The predicted octanol–water partition coefficient (Wildman–Crippen LogP) is 4.30. The van der Waals surface area contributed by atoms with Crippen LogP contribution in [0.1, 0.15) is 15.9 Å². The van der Waals surface area contributed by atoms with E-state index in [1.165, 1.54) is 6.07 Å². The summed E-state index contributed by atoms with van der Waals surface area (Å²) in [4.78, 5) is 23.3. The van der Waals surface area contributed by atoms with Crippen molar-refractivity contribution in [1.82, 2.24) is 4.57 Å². The average Bonchev–Trinajstić information content (AvgIpc) is 2.96. The van der Waals surface area contributed by atoms with Crippen LogP contribution in [0.5, 0.6) is 0 Å². The number of hydrogen-bond donors (Lipinski definition) is 1. The van der Waals surface area contributed by atoms with Crippen LogP contribution >= 0.6 is 0 Å². The topological polar surface area (TPSA) is 77.2 Å². The lowest BCUT2D eigenvalue weighted by molar-refractivity contribution is -0.385. The van der Waals surface area contributed by atoms with Crippen LogP contribution < -0.4 is 5.32 Å². The Bertz CT molecular complexity index is 989. The van der Waals surface area contributed by atoms with Gasteiger partial charge in [-0.3, -0.25) is 14.9 Å². The Hall–Kier alpha value is -3.41. The van der Waals surface area contributed by atoms with Gasteiger partial charge in [0.05, 0.1) is 10.5 Å². The van der Waals surface area contributed by atoms with Gasteiger partial charge < -0.3 is 9.88 Å². The number of amides is 1. The molecule has 0 bridgehead atoms. The summed E-state index contributed by atoms with van der Waals surface area (Å²) in [6.07, 6.45) is 3.53. The molecule has 126 valence electrons. The Labute approximate surface area is 144 Å². The second kappa shape index (κ2) is 6.60. The molecule has 0 fully saturated rings. The van der Waals surface area contributed by atoms with Gasteiger partial charge in [0, 0.05) is 41.0 Å². The van der Waals surface area contributed by atoms with Crippen molar-refractivity contribution in [2.75, 3.05) is 5.32 Å². The fourth-order valence-corrected chi connectivity index (χ4v) is 2.80. The number of rotatable bonds is 5. The van der Waals surface area contributed by atoms with Gasteiger partial charge in [0.25, 0.3) is 11.6 Å². The third-order valence-electron chi connectivity index (χ3n) is 4.02. The highest BCUT2D eigenvalue weighted by Gasteiger charge is 2.17. The molecule has 0 unspecified atom stereocenters. The number of anilines is 1. The van der Waals surface area contributed by atoms with Gasteiger partial charge >= 0.3 is 0 Å². The number of nitrogens with one attached hydrogen (secondary N) is 1. The van der Waals surface area contributed by atoms with E-state index in [1.54, 1.807) is 31.3 Å².